The normalized spacial score (nSPS) is 24.1. The Morgan fingerprint density at radius 2 is 2.31 bits per heavy atom. The fourth-order valence-corrected chi connectivity index (χ4v) is 2.06. The number of nitriles is 1. The standard InChI is InChI=1S/C13H16N2O/c1-9-4-3-5-11(8-14)13(9)15-12-6-7-16-10(12)2/h3-5,10,12,15H,6-7H2,1-2H3. The highest BCUT2D eigenvalue weighted by atomic mass is 16.5. The average molecular weight is 216 g/mol. The molecule has 1 aliphatic heterocycles. The predicted octanol–water partition coefficient (Wildman–Crippen LogP) is 2.46. The zero-order valence-corrected chi connectivity index (χ0v) is 9.66. The van der Waals surface area contributed by atoms with E-state index in [1.54, 1.807) is 0 Å². The van der Waals surface area contributed by atoms with Crippen molar-refractivity contribution >= 4 is 5.69 Å². The van der Waals surface area contributed by atoms with Gasteiger partial charge in [0.15, 0.2) is 0 Å². The summed E-state index contributed by atoms with van der Waals surface area (Å²) >= 11 is 0. The van der Waals surface area contributed by atoms with Crippen molar-refractivity contribution < 1.29 is 4.74 Å². The number of para-hydroxylation sites is 1. The highest BCUT2D eigenvalue weighted by molar-refractivity contribution is 5.62. The first-order chi connectivity index (χ1) is 7.72. The molecule has 0 radical (unpaired) electrons. The first-order valence-electron chi connectivity index (χ1n) is 5.60. The number of hydrogen-bond acceptors (Lipinski definition) is 3. The molecular formula is C13H16N2O. The molecule has 84 valence electrons. The highest BCUT2D eigenvalue weighted by Crippen LogP contribution is 2.24. The average Bonchev–Trinajstić information content (AvgIpc) is 2.67. The first-order valence-corrected chi connectivity index (χ1v) is 5.60. The van der Waals surface area contributed by atoms with Crippen molar-refractivity contribution in [3.8, 4) is 6.07 Å². The van der Waals surface area contributed by atoms with E-state index in [-0.39, 0.29) is 6.10 Å². The van der Waals surface area contributed by atoms with Crippen molar-refractivity contribution in [3.63, 3.8) is 0 Å². The second-order valence-electron chi connectivity index (χ2n) is 4.22. The van der Waals surface area contributed by atoms with E-state index >= 15 is 0 Å². The molecular weight excluding hydrogens is 200 g/mol. The largest absolute Gasteiger partial charge is 0.378 e. The molecule has 0 bridgehead atoms. The maximum absolute atomic E-state index is 9.06. The van der Waals surface area contributed by atoms with Crippen LogP contribution in [0.5, 0.6) is 0 Å². The fraction of sp³-hybridized carbons (Fsp3) is 0.462. The number of ether oxygens (including phenoxy) is 1. The van der Waals surface area contributed by atoms with Crippen molar-refractivity contribution in [2.75, 3.05) is 11.9 Å². The van der Waals surface area contributed by atoms with Gasteiger partial charge in [0, 0.05) is 6.61 Å². The maximum atomic E-state index is 9.06. The minimum absolute atomic E-state index is 0.214. The minimum Gasteiger partial charge on any atom is -0.378 e. The van der Waals surface area contributed by atoms with Gasteiger partial charge in [-0.3, -0.25) is 0 Å². The number of hydrogen-bond donors (Lipinski definition) is 1. The van der Waals surface area contributed by atoms with E-state index in [9.17, 15) is 0 Å². The molecule has 0 aliphatic carbocycles. The smallest absolute Gasteiger partial charge is 0.101 e. The van der Waals surface area contributed by atoms with Gasteiger partial charge in [0.1, 0.15) is 6.07 Å². The fourth-order valence-electron chi connectivity index (χ4n) is 2.06. The Labute approximate surface area is 96.0 Å². The molecule has 1 aromatic carbocycles. The van der Waals surface area contributed by atoms with Gasteiger partial charge in [-0.15, -0.1) is 0 Å². The van der Waals surface area contributed by atoms with Crippen LogP contribution in [0.25, 0.3) is 0 Å². The summed E-state index contributed by atoms with van der Waals surface area (Å²) in [5.74, 6) is 0. The van der Waals surface area contributed by atoms with Crippen molar-refractivity contribution in [1.82, 2.24) is 0 Å². The van der Waals surface area contributed by atoms with Crippen LogP contribution >= 0.6 is 0 Å². The van der Waals surface area contributed by atoms with Gasteiger partial charge in [-0.1, -0.05) is 12.1 Å². The summed E-state index contributed by atoms with van der Waals surface area (Å²) < 4.78 is 5.51. The van der Waals surface area contributed by atoms with Gasteiger partial charge in [0.25, 0.3) is 0 Å². The maximum Gasteiger partial charge on any atom is 0.101 e. The lowest BCUT2D eigenvalue weighted by molar-refractivity contribution is 0.121. The number of aryl methyl sites for hydroxylation is 1. The third-order valence-electron chi connectivity index (χ3n) is 3.10. The Hall–Kier alpha value is -1.53. The SMILES string of the molecule is Cc1cccc(C#N)c1NC1CCOC1C. The van der Waals surface area contributed by atoms with E-state index in [1.807, 2.05) is 25.1 Å². The molecule has 1 saturated heterocycles. The molecule has 1 aliphatic rings. The van der Waals surface area contributed by atoms with Crippen LogP contribution in [-0.4, -0.2) is 18.8 Å². The first kappa shape index (κ1) is 11.0. The molecule has 3 heteroatoms. The lowest BCUT2D eigenvalue weighted by atomic mass is 10.1. The highest BCUT2D eigenvalue weighted by Gasteiger charge is 2.24. The van der Waals surface area contributed by atoms with Gasteiger partial charge >= 0.3 is 0 Å². The van der Waals surface area contributed by atoms with Crippen molar-refractivity contribution in [2.45, 2.75) is 32.4 Å². The number of nitrogens with one attached hydrogen (secondary N) is 1. The van der Waals surface area contributed by atoms with Gasteiger partial charge in [0.2, 0.25) is 0 Å². The van der Waals surface area contributed by atoms with Gasteiger partial charge < -0.3 is 10.1 Å². The van der Waals surface area contributed by atoms with Gasteiger partial charge in [0.05, 0.1) is 23.4 Å². The van der Waals surface area contributed by atoms with Crippen molar-refractivity contribution in [1.29, 1.82) is 5.26 Å². The van der Waals surface area contributed by atoms with Gasteiger partial charge in [-0.05, 0) is 31.9 Å². The molecule has 0 spiro atoms. The van der Waals surface area contributed by atoms with E-state index in [2.05, 4.69) is 18.3 Å². The second kappa shape index (κ2) is 4.54. The van der Waals surface area contributed by atoms with Crippen LogP contribution in [-0.2, 0) is 4.74 Å². The quantitative estimate of drug-likeness (QED) is 0.826. The Morgan fingerprint density at radius 3 is 2.94 bits per heavy atom. The van der Waals surface area contributed by atoms with Crippen LogP contribution in [0.3, 0.4) is 0 Å². The monoisotopic (exact) mass is 216 g/mol. The van der Waals surface area contributed by atoms with Crippen LogP contribution < -0.4 is 5.32 Å². The zero-order chi connectivity index (χ0) is 11.5. The lowest BCUT2D eigenvalue weighted by Crippen LogP contribution is -2.27. The summed E-state index contributed by atoms with van der Waals surface area (Å²) in [7, 11) is 0. The molecule has 16 heavy (non-hydrogen) atoms. The molecule has 1 aromatic rings. The summed E-state index contributed by atoms with van der Waals surface area (Å²) in [6.45, 7) is 4.88. The molecule has 1 fully saturated rings. The van der Waals surface area contributed by atoms with Crippen LogP contribution in [0.15, 0.2) is 18.2 Å². The molecule has 3 nitrogen and oxygen atoms in total. The Morgan fingerprint density at radius 1 is 1.50 bits per heavy atom. The number of rotatable bonds is 2. The topological polar surface area (TPSA) is 45.0 Å². The van der Waals surface area contributed by atoms with Crippen LogP contribution in [0.1, 0.15) is 24.5 Å². The predicted molar refractivity (Wildman–Crippen MR) is 63.3 cm³/mol. The lowest BCUT2D eigenvalue weighted by Gasteiger charge is -2.19. The summed E-state index contributed by atoms with van der Waals surface area (Å²) in [6.07, 6.45) is 1.21. The molecule has 0 aromatic heterocycles. The third-order valence-corrected chi connectivity index (χ3v) is 3.10. The Kier molecular flexibility index (Phi) is 3.12. The zero-order valence-electron chi connectivity index (χ0n) is 9.66. The molecule has 1 N–H and O–H groups in total. The van der Waals surface area contributed by atoms with E-state index in [0.717, 1.165) is 24.3 Å². The Bertz CT molecular complexity index is 422. The summed E-state index contributed by atoms with van der Waals surface area (Å²) in [4.78, 5) is 0. The number of benzene rings is 1. The van der Waals surface area contributed by atoms with E-state index < -0.39 is 0 Å². The van der Waals surface area contributed by atoms with Crippen molar-refractivity contribution in [2.24, 2.45) is 0 Å². The van der Waals surface area contributed by atoms with E-state index in [0.29, 0.717) is 11.6 Å². The molecule has 2 unspecified atom stereocenters. The minimum atomic E-state index is 0.214. The Balaban J connectivity index is 2.24. The summed E-state index contributed by atoms with van der Waals surface area (Å²) in [6, 6.07) is 8.31. The van der Waals surface area contributed by atoms with Crippen molar-refractivity contribution in [3.05, 3.63) is 29.3 Å². The summed E-state index contributed by atoms with van der Waals surface area (Å²) in [5, 5.41) is 12.5. The molecule has 2 atom stereocenters. The molecule has 0 amide bonds. The van der Waals surface area contributed by atoms with Crippen LogP contribution in [0.2, 0.25) is 0 Å². The van der Waals surface area contributed by atoms with E-state index in [1.165, 1.54) is 0 Å². The third kappa shape index (κ3) is 2.02. The van der Waals surface area contributed by atoms with Crippen LogP contribution in [0.4, 0.5) is 5.69 Å². The van der Waals surface area contributed by atoms with Gasteiger partial charge in [-0.2, -0.15) is 5.26 Å². The molecule has 1 heterocycles. The van der Waals surface area contributed by atoms with Gasteiger partial charge in [-0.25, -0.2) is 0 Å². The number of anilines is 1. The molecule has 2 rings (SSSR count). The van der Waals surface area contributed by atoms with Crippen LogP contribution in [0, 0.1) is 18.3 Å². The summed E-state index contributed by atoms with van der Waals surface area (Å²) in [5.41, 5.74) is 2.77. The molecule has 0 saturated carbocycles. The number of nitrogens with zero attached hydrogens (tertiary/aromatic N) is 1. The van der Waals surface area contributed by atoms with E-state index in [4.69, 9.17) is 10.00 Å². The second-order valence-corrected chi connectivity index (χ2v) is 4.22.